The van der Waals surface area contributed by atoms with Gasteiger partial charge in [-0.2, -0.15) is 0 Å². The maximum absolute atomic E-state index is 10.8. The third-order valence-corrected chi connectivity index (χ3v) is 2.58. The Morgan fingerprint density at radius 2 is 2.00 bits per heavy atom. The van der Waals surface area contributed by atoms with Crippen molar-refractivity contribution in [2.24, 2.45) is 0 Å². The number of aryl methyl sites for hydroxylation is 1. The molecule has 90 valence electrons. The normalized spacial score (nSPS) is 10.3. The quantitative estimate of drug-likeness (QED) is 0.503. The zero-order chi connectivity index (χ0) is 11.6. The van der Waals surface area contributed by atoms with E-state index in [0.717, 1.165) is 19.4 Å². The van der Waals surface area contributed by atoms with Crippen LogP contribution in [0.2, 0.25) is 0 Å². The lowest BCUT2D eigenvalue weighted by Gasteiger charge is -2.02. The van der Waals surface area contributed by atoms with Crippen LogP contribution in [0, 0.1) is 0 Å². The van der Waals surface area contributed by atoms with E-state index in [1.165, 1.54) is 26.4 Å². The third-order valence-electron chi connectivity index (χ3n) is 2.58. The second-order valence-electron chi connectivity index (χ2n) is 3.89. The molecule has 0 aromatic carbocycles. The summed E-state index contributed by atoms with van der Waals surface area (Å²) in [5, 5.41) is 0. The summed E-state index contributed by atoms with van der Waals surface area (Å²) in [6.45, 7) is 1.04. The van der Waals surface area contributed by atoms with Crippen molar-refractivity contribution in [3.8, 4) is 0 Å². The van der Waals surface area contributed by atoms with Crippen molar-refractivity contribution >= 4 is 5.97 Å². The van der Waals surface area contributed by atoms with Gasteiger partial charge in [0.15, 0.2) is 0 Å². The predicted octanol–water partition coefficient (Wildman–Crippen LogP) is 2.40. The van der Waals surface area contributed by atoms with Crippen LogP contribution in [0.25, 0.3) is 0 Å². The van der Waals surface area contributed by atoms with E-state index >= 15 is 0 Å². The molecule has 1 aromatic heterocycles. The number of unbranched alkanes of at least 4 members (excludes halogenated alkanes) is 4. The van der Waals surface area contributed by atoms with Crippen molar-refractivity contribution in [2.75, 3.05) is 7.11 Å². The largest absolute Gasteiger partial charge is 0.469 e. The number of carbonyl (C=O) groups excluding carboxylic acids is 1. The van der Waals surface area contributed by atoms with Gasteiger partial charge in [-0.25, -0.2) is 4.98 Å². The number of aromatic nitrogens is 2. The first-order chi connectivity index (χ1) is 7.83. The van der Waals surface area contributed by atoms with E-state index in [9.17, 15) is 4.79 Å². The van der Waals surface area contributed by atoms with Crippen LogP contribution in [0.4, 0.5) is 0 Å². The molecule has 0 spiro atoms. The minimum atomic E-state index is -0.0987. The van der Waals surface area contributed by atoms with Crippen LogP contribution in [-0.4, -0.2) is 22.6 Å². The van der Waals surface area contributed by atoms with Gasteiger partial charge in [-0.3, -0.25) is 4.79 Å². The van der Waals surface area contributed by atoms with Gasteiger partial charge in [-0.1, -0.05) is 19.3 Å². The number of esters is 1. The van der Waals surface area contributed by atoms with Gasteiger partial charge in [-0.15, -0.1) is 0 Å². The highest BCUT2D eigenvalue weighted by Gasteiger charge is 1.98. The van der Waals surface area contributed by atoms with E-state index < -0.39 is 0 Å². The summed E-state index contributed by atoms with van der Waals surface area (Å²) in [5.41, 5.74) is 0. The third kappa shape index (κ3) is 5.53. The monoisotopic (exact) mass is 224 g/mol. The van der Waals surface area contributed by atoms with E-state index in [0.29, 0.717) is 6.42 Å². The Bertz CT molecular complexity index is 283. The number of ether oxygens (including phenoxy) is 1. The van der Waals surface area contributed by atoms with Gasteiger partial charge in [-0.05, 0) is 12.8 Å². The zero-order valence-corrected chi connectivity index (χ0v) is 9.89. The lowest BCUT2D eigenvalue weighted by atomic mass is 10.1. The molecule has 0 aliphatic rings. The molecule has 0 radical (unpaired) electrons. The minimum Gasteiger partial charge on any atom is -0.469 e. The predicted molar refractivity (Wildman–Crippen MR) is 61.9 cm³/mol. The van der Waals surface area contributed by atoms with Crippen molar-refractivity contribution in [3.05, 3.63) is 18.7 Å². The van der Waals surface area contributed by atoms with Gasteiger partial charge in [0, 0.05) is 25.4 Å². The maximum atomic E-state index is 10.8. The zero-order valence-electron chi connectivity index (χ0n) is 9.89. The first kappa shape index (κ1) is 12.7. The van der Waals surface area contributed by atoms with E-state index in [2.05, 4.69) is 14.3 Å². The fourth-order valence-electron chi connectivity index (χ4n) is 1.62. The second-order valence-corrected chi connectivity index (χ2v) is 3.89. The maximum Gasteiger partial charge on any atom is 0.305 e. The average Bonchev–Trinajstić information content (AvgIpc) is 2.80. The highest BCUT2D eigenvalue weighted by molar-refractivity contribution is 5.68. The fraction of sp³-hybridized carbons (Fsp3) is 0.667. The summed E-state index contributed by atoms with van der Waals surface area (Å²) in [5.74, 6) is -0.0987. The molecule has 16 heavy (non-hydrogen) atoms. The summed E-state index contributed by atoms with van der Waals surface area (Å²) in [6, 6.07) is 0. The number of hydrogen-bond donors (Lipinski definition) is 0. The topological polar surface area (TPSA) is 44.1 Å². The summed E-state index contributed by atoms with van der Waals surface area (Å²) in [4.78, 5) is 14.8. The van der Waals surface area contributed by atoms with Crippen molar-refractivity contribution in [2.45, 2.75) is 45.1 Å². The van der Waals surface area contributed by atoms with Crippen molar-refractivity contribution < 1.29 is 9.53 Å². The Balaban J connectivity index is 1.87. The van der Waals surface area contributed by atoms with Crippen LogP contribution in [0.3, 0.4) is 0 Å². The second kappa shape index (κ2) is 7.91. The van der Waals surface area contributed by atoms with Crippen molar-refractivity contribution in [1.82, 2.24) is 9.55 Å². The van der Waals surface area contributed by atoms with Crippen LogP contribution >= 0.6 is 0 Å². The van der Waals surface area contributed by atoms with E-state index in [-0.39, 0.29) is 5.97 Å². The van der Waals surface area contributed by atoms with Gasteiger partial charge in [0.2, 0.25) is 0 Å². The molecule has 0 atom stereocenters. The summed E-state index contributed by atoms with van der Waals surface area (Å²) >= 11 is 0. The highest BCUT2D eigenvalue weighted by atomic mass is 16.5. The highest BCUT2D eigenvalue weighted by Crippen LogP contribution is 2.06. The Labute approximate surface area is 96.6 Å². The van der Waals surface area contributed by atoms with Gasteiger partial charge in [0.25, 0.3) is 0 Å². The lowest BCUT2D eigenvalue weighted by molar-refractivity contribution is -0.140. The molecule has 0 bridgehead atoms. The molecular weight excluding hydrogens is 204 g/mol. The van der Waals surface area contributed by atoms with Crippen molar-refractivity contribution in [3.63, 3.8) is 0 Å². The molecule has 0 aliphatic carbocycles. The lowest BCUT2D eigenvalue weighted by Crippen LogP contribution is -1.99. The smallest absolute Gasteiger partial charge is 0.305 e. The molecule has 0 aliphatic heterocycles. The number of hydrogen-bond acceptors (Lipinski definition) is 3. The van der Waals surface area contributed by atoms with Gasteiger partial charge in [0.1, 0.15) is 0 Å². The van der Waals surface area contributed by atoms with Gasteiger partial charge >= 0.3 is 5.97 Å². The number of rotatable bonds is 8. The average molecular weight is 224 g/mol. The summed E-state index contributed by atoms with van der Waals surface area (Å²) in [6.07, 6.45) is 11.8. The Hall–Kier alpha value is -1.32. The molecule has 0 fully saturated rings. The van der Waals surface area contributed by atoms with Crippen LogP contribution in [0.1, 0.15) is 38.5 Å². The number of carbonyl (C=O) groups is 1. The van der Waals surface area contributed by atoms with E-state index in [4.69, 9.17) is 0 Å². The summed E-state index contributed by atoms with van der Waals surface area (Å²) < 4.78 is 6.67. The molecule has 4 nitrogen and oxygen atoms in total. The van der Waals surface area contributed by atoms with Crippen LogP contribution in [0.5, 0.6) is 0 Å². The molecule has 1 heterocycles. The first-order valence-corrected chi connectivity index (χ1v) is 5.85. The molecule has 0 N–H and O–H groups in total. The van der Waals surface area contributed by atoms with Crippen LogP contribution < -0.4 is 0 Å². The van der Waals surface area contributed by atoms with Crippen molar-refractivity contribution in [1.29, 1.82) is 0 Å². The molecule has 4 heteroatoms. The Morgan fingerprint density at radius 3 is 2.69 bits per heavy atom. The van der Waals surface area contributed by atoms with E-state index in [1.54, 1.807) is 6.20 Å². The molecule has 0 amide bonds. The SMILES string of the molecule is COC(=O)CCCCCCCn1ccnc1. The number of imidazole rings is 1. The molecular formula is C12H20N2O2. The summed E-state index contributed by atoms with van der Waals surface area (Å²) in [7, 11) is 1.44. The molecule has 0 saturated heterocycles. The first-order valence-electron chi connectivity index (χ1n) is 5.85. The van der Waals surface area contributed by atoms with E-state index in [1.807, 2.05) is 12.5 Å². The van der Waals surface area contributed by atoms with Gasteiger partial charge in [0.05, 0.1) is 13.4 Å². The Morgan fingerprint density at radius 1 is 1.25 bits per heavy atom. The molecule has 0 saturated carbocycles. The van der Waals surface area contributed by atoms with Crippen LogP contribution in [0.15, 0.2) is 18.7 Å². The van der Waals surface area contributed by atoms with Gasteiger partial charge < -0.3 is 9.30 Å². The number of methoxy groups -OCH3 is 1. The molecule has 1 rings (SSSR count). The standard InChI is InChI=1S/C12H20N2O2/c1-16-12(15)7-5-3-2-4-6-9-14-10-8-13-11-14/h8,10-11H,2-7,9H2,1H3. The fourth-order valence-corrected chi connectivity index (χ4v) is 1.62. The number of nitrogens with zero attached hydrogens (tertiary/aromatic N) is 2. The molecule has 1 aromatic rings. The minimum absolute atomic E-state index is 0.0987. The Kier molecular flexibility index (Phi) is 6.30. The molecule has 0 unspecified atom stereocenters. The van der Waals surface area contributed by atoms with Crippen LogP contribution in [-0.2, 0) is 16.1 Å².